The van der Waals surface area contributed by atoms with Crippen LogP contribution in [-0.4, -0.2) is 13.4 Å². The van der Waals surface area contributed by atoms with Crippen LogP contribution in [0.2, 0.25) is 0 Å². The molecule has 0 aliphatic heterocycles. The number of benzene rings is 1. The molecule has 0 saturated carbocycles. The normalized spacial score (nSPS) is 11.2. The zero-order chi connectivity index (χ0) is 14.8. The summed E-state index contributed by atoms with van der Waals surface area (Å²) in [4.78, 5) is 3.46. The Morgan fingerprint density at radius 1 is 1.10 bits per heavy atom. The molecule has 0 aliphatic rings. The van der Waals surface area contributed by atoms with E-state index in [1.54, 1.807) is 0 Å². The molecule has 2 aromatic rings. The maximum atomic E-state index is 13.4. The lowest BCUT2D eigenvalue weighted by Crippen LogP contribution is -2.16. The van der Waals surface area contributed by atoms with Crippen molar-refractivity contribution in [2.24, 2.45) is 5.84 Å². The highest BCUT2D eigenvalue weighted by Gasteiger charge is 2.19. The van der Waals surface area contributed by atoms with E-state index in [2.05, 4.69) is 10.4 Å². The van der Waals surface area contributed by atoms with E-state index in [0.29, 0.717) is 0 Å². The summed E-state index contributed by atoms with van der Waals surface area (Å²) < 4.78 is 52.6. The summed E-state index contributed by atoms with van der Waals surface area (Å²) >= 11 is 0. The van der Waals surface area contributed by atoms with E-state index in [4.69, 9.17) is 5.84 Å². The van der Waals surface area contributed by atoms with Crippen molar-refractivity contribution in [2.75, 3.05) is 10.1 Å². The summed E-state index contributed by atoms with van der Waals surface area (Å²) in [6.45, 7) is 0. The second kappa shape index (κ2) is 5.39. The van der Waals surface area contributed by atoms with E-state index in [0.717, 1.165) is 24.4 Å². The van der Waals surface area contributed by atoms with E-state index >= 15 is 0 Å². The molecule has 0 bridgehead atoms. The first-order valence-corrected chi connectivity index (χ1v) is 6.82. The lowest BCUT2D eigenvalue weighted by Gasteiger charge is -2.09. The predicted octanol–water partition coefficient (Wildman–Crippen LogP) is 1.45. The Balaban J connectivity index is 2.35. The van der Waals surface area contributed by atoms with Gasteiger partial charge in [-0.1, -0.05) is 6.07 Å². The lowest BCUT2D eigenvalue weighted by molar-refractivity contribution is 0.582. The van der Waals surface area contributed by atoms with Crippen LogP contribution in [0, 0.1) is 11.6 Å². The van der Waals surface area contributed by atoms with E-state index in [1.807, 2.05) is 4.72 Å². The highest BCUT2D eigenvalue weighted by molar-refractivity contribution is 7.92. The molecule has 106 valence electrons. The van der Waals surface area contributed by atoms with Gasteiger partial charge in [0.05, 0.1) is 0 Å². The van der Waals surface area contributed by atoms with Crippen molar-refractivity contribution in [2.45, 2.75) is 4.90 Å². The smallest absolute Gasteiger partial charge is 0.263 e. The van der Waals surface area contributed by atoms with Crippen LogP contribution in [0.25, 0.3) is 0 Å². The van der Waals surface area contributed by atoms with Crippen LogP contribution in [0.4, 0.5) is 20.3 Å². The van der Waals surface area contributed by atoms with Crippen LogP contribution in [0.15, 0.2) is 41.4 Å². The fourth-order valence-corrected chi connectivity index (χ4v) is 2.43. The summed E-state index contributed by atoms with van der Waals surface area (Å²) in [6, 6.07) is 5.53. The number of hydrazine groups is 1. The Bertz CT molecular complexity index is 699. The molecule has 2 rings (SSSR count). The molecule has 0 fully saturated rings. The monoisotopic (exact) mass is 300 g/mol. The number of nitrogen functional groups attached to an aromatic ring is 1. The molecule has 0 saturated heterocycles. The number of pyridine rings is 1. The summed E-state index contributed by atoms with van der Waals surface area (Å²) in [5, 5.41) is 0. The van der Waals surface area contributed by atoms with Crippen molar-refractivity contribution in [3.8, 4) is 0 Å². The summed E-state index contributed by atoms with van der Waals surface area (Å²) in [5.74, 6) is 3.32. The fourth-order valence-electron chi connectivity index (χ4n) is 1.41. The standard InChI is InChI=1S/C11H10F2N4O2S/c12-8-2-1-3-9(13)11(8)17-20(18,19)7-4-5-10(16-14)15-6-7/h1-6,17H,14H2,(H,15,16). The molecule has 9 heteroatoms. The largest absolute Gasteiger partial charge is 0.308 e. The minimum absolute atomic E-state index is 0.251. The molecule has 0 spiro atoms. The third-order valence-corrected chi connectivity index (χ3v) is 3.73. The van der Waals surface area contributed by atoms with Gasteiger partial charge >= 0.3 is 0 Å². The maximum absolute atomic E-state index is 13.4. The van der Waals surface area contributed by atoms with Crippen molar-refractivity contribution >= 4 is 21.5 Å². The molecule has 0 radical (unpaired) electrons. The highest BCUT2D eigenvalue weighted by atomic mass is 32.2. The third-order valence-electron chi connectivity index (χ3n) is 2.39. The van der Waals surface area contributed by atoms with Crippen LogP contribution in [0.1, 0.15) is 0 Å². The summed E-state index contributed by atoms with van der Waals surface area (Å²) in [5.41, 5.74) is 1.49. The van der Waals surface area contributed by atoms with Crippen LogP contribution in [0.5, 0.6) is 0 Å². The maximum Gasteiger partial charge on any atom is 0.263 e. The number of nitrogens with zero attached hydrogens (tertiary/aromatic N) is 1. The van der Waals surface area contributed by atoms with E-state index < -0.39 is 27.3 Å². The first kappa shape index (κ1) is 14.2. The van der Waals surface area contributed by atoms with Gasteiger partial charge in [-0.05, 0) is 24.3 Å². The number of rotatable bonds is 4. The molecule has 1 aromatic carbocycles. The van der Waals surface area contributed by atoms with Crippen LogP contribution >= 0.6 is 0 Å². The van der Waals surface area contributed by atoms with Gasteiger partial charge in [0.1, 0.15) is 28.0 Å². The van der Waals surface area contributed by atoms with E-state index in [-0.39, 0.29) is 10.7 Å². The van der Waals surface area contributed by atoms with Crippen molar-refractivity contribution in [1.29, 1.82) is 0 Å². The quantitative estimate of drug-likeness (QED) is 0.586. The van der Waals surface area contributed by atoms with Crippen LogP contribution in [0.3, 0.4) is 0 Å². The van der Waals surface area contributed by atoms with Gasteiger partial charge in [0.2, 0.25) is 0 Å². The second-order valence-electron chi connectivity index (χ2n) is 3.73. The number of aromatic nitrogens is 1. The van der Waals surface area contributed by atoms with Gasteiger partial charge in [0.25, 0.3) is 10.0 Å². The third kappa shape index (κ3) is 2.83. The minimum atomic E-state index is -4.14. The molecule has 1 aromatic heterocycles. The Morgan fingerprint density at radius 2 is 1.75 bits per heavy atom. The number of para-hydroxylation sites is 1. The lowest BCUT2D eigenvalue weighted by atomic mass is 10.3. The Hall–Kier alpha value is -2.26. The SMILES string of the molecule is NNc1ccc(S(=O)(=O)Nc2c(F)cccc2F)cn1. The number of nitrogens with one attached hydrogen (secondary N) is 2. The van der Waals surface area contributed by atoms with Gasteiger partial charge in [-0.3, -0.25) is 4.72 Å². The average molecular weight is 300 g/mol. The average Bonchev–Trinajstić information content (AvgIpc) is 2.43. The number of nitrogens with two attached hydrogens (primary N) is 1. The van der Waals surface area contributed by atoms with Gasteiger partial charge in [-0.25, -0.2) is 28.0 Å². The van der Waals surface area contributed by atoms with E-state index in [9.17, 15) is 17.2 Å². The topological polar surface area (TPSA) is 97.1 Å². The Labute approximate surface area is 113 Å². The Morgan fingerprint density at radius 3 is 2.25 bits per heavy atom. The van der Waals surface area contributed by atoms with Crippen LogP contribution < -0.4 is 16.0 Å². The van der Waals surface area contributed by atoms with E-state index in [1.165, 1.54) is 12.1 Å². The van der Waals surface area contributed by atoms with Crippen molar-refractivity contribution in [1.82, 2.24) is 4.98 Å². The van der Waals surface area contributed by atoms with Crippen LogP contribution in [-0.2, 0) is 10.0 Å². The molecule has 0 aliphatic carbocycles. The summed E-state index contributed by atoms with van der Waals surface area (Å²) in [6.07, 6.45) is 1.01. The molecule has 20 heavy (non-hydrogen) atoms. The van der Waals surface area contributed by atoms with Gasteiger partial charge in [0, 0.05) is 6.20 Å². The van der Waals surface area contributed by atoms with Gasteiger partial charge in [-0.15, -0.1) is 0 Å². The van der Waals surface area contributed by atoms with Crippen molar-refractivity contribution in [3.63, 3.8) is 0 Å². The number of halogens is 2. The van der Waals surface area contributed by atoms with Gasteiger partial charge in [0.15, 0.2) is 0 Å². The number of hydrogen-bond acceptors (Lipinski definition) is 5. The molecule has 6 nitrogen and oxygen atoms in total. The zero-order valence-corrected chi connectivity index (χ0v) is 10.8. The molecular weight excluding hydrogens is 290 g/mol. The van der Waals surface area contributed by atoms with Gasteiger partial charge in [-0.2, -0.15) is 0 Å². The molecule has 1 heterocycles. The Kier molecular flexibility index (Phi) is 3.81. The second-order valence-corrected chi connectivity index (χ2v) is 5.41. The fraction of sp³-hybridized carbons (Fsp3) is 0. The molecular formula is C11H10F2N4O2S. The predicted molar refractivity (Wildman–Crippen MR) is 69.2 cm³/mol. The summed E-state index contributed by atoms with van der Waals surface area (Å²) in [7, 11) is -4.14. The number of anilines is 2. The molecule has 0 amide bonds. The zero-order valence-electron chi connectivity index (χ0n) is 9.97. The number of hydrogen-bond donors (Lipinski definition) is 3. The number of sulfonamides is 1. The highest BCUT2D eigenvalue weighted by Crippen LogP contribution is 2.22. The minimum Gasteiger partial charge on any atom is -0.308 e. The first-order chi connectivity index (χ1) is 9.44. The molecule has 0 unspecified atom stereocenters. The van der Waals surface area contributed by atoms with Crippen molar-refractivity contribution in [3.05, 3.63) is 48.2 Å². The molecule has 4 N–H and O–H groups in total. The van der Waals surface area contributed by atoms with Crippen molar-refractivity contribution < 1.29 is 17.2 Å². The first-order valence-electron chi connectivity index (χ1n) is 5.33. The molecule has 0 atom stereocenters. The van der Waals surface area contributed by atoms with Gasteiger partial charge < -0.3 is 5.43 Å².